The van der Waals surface area contributed by atoms with E-state index in [-0.39, 0.29) is 25.9 Å². The van der Waals surface area contributed by atoms with E-state index in [0.717, 1.165) is 11.3 Å². The molecular formula is C14H17NO6. The number of ether oxygens (including phenoxy) is 3. The van der Waals surface area contributed by atoms with Gasteiger partial charge in [-0.1, -0.05) is 6.07 Å². The molecule has 1 aliphatic heterocycles. The molecule has 1 aromatic carbocycles. The number of carbonyl (C=O) groups is 2. The second kappa shape index (κ2) is 7.49. The molecule has 0 fully saturated rings. The molecule has 7 nitrogen and oxygen atoms in total. The first-order valence-corrected chi connectivity index (χ1v) is 6.60. The number of carboxylic acids is 1. The molecule has 0 bridgehead atoms. The molecule has 1 aromatic rings. The van der Waals surface area contributed by atoms with Gasteiger partial charge in [-0.25, -0.2) is 4.79 Å². The van der Waals surface area contributed by atoms with Gasteiger partial charge in [0, 0.05) is 13.0 Å². The van der Waals surface area contributed by atoms with Crippen molar-refractivity contribution < 1.29 is 28.9 Å². The van der Waals surface area contributed by atoms with Gasteiger partial charge >= 0.3 is 5.97 Å². The number of fused-ring (bicyclic) bond motifs is 1. The smallest absolute Gasteiger partial charge is 0.329 e. The Bertz CT molecular complexity index is 516. The minimum Gasteiger partial charge on any atom is -0.480 e. The first-order chi connectivity index (χ1) is 10.1. The molecule has 0 saturated carbocycles. The molecule has 1 heterocycles. The van der Waals surface area contributed by atoms with Crippen molar-refractivity contribution in [2.24, 2.45) is 0 Å². The number of benzene rings is 1. The first-order valence-electron chi connectivity index (χ1n) is 6.60. The van der Waals surface area contributed by atoms with Crippen molar-refractivity contribution in [2.75, 3.05) is 26.6 Å². The van der Waals surface area contributed by atoms with E-state index >= 15 is 0 Å². The molecule has 0 aliphatic carbocycles. The van der Waals surface area contributed by atoms with Crippen LogP contribution < -0.4 is 14.8 Å². The topological polar surface area (TPSA) is 94.1 Å². The maximum absolute atomic E-state index is 11.6. The third kappa shape index (κ3) is 4.96. The van der Waals surface area contributed by atoms with Crippen LogP contribution in [0.5, 0.6) is 11.5 Å². The minimum atomic E-state index is -1.02. The summed E-state index contributed by atoms with van der Waals surface area (Å²) in [7, 11) is 0. The number of aliphatic carboxylic acids is 1. The minimum absolute atomic E-state index is 0.105. The number of hydrogen-bond donors (Lipinski definition) is 2. The number of hydrogen-bond acceptors (Lipinski definition) is 5. The van der Waals surface area contributed by atoms with Crippen LogP contribution in [0.2, 0.25) is 0 Å². The van der Waals surface area contributed by atoms with Gasteiger partial charge in [-0.15, -0.1) is 0 Å². The van der Waals surface area contributed by atoms with Crippen LogP contribution >= 0.6 is 0 Å². The molecular weight excluding hydrogens is 278 g/mol. The van der Waals surface area contributed by atoms with E-state index < -0.39 is 5.97 Å². The monoisotopic (exact) mass is 295 g/mol. The zero-order chi connectivity index (χ0) is 15.1. The quantitative estimate of drug-likeness (QED) is 0.681. The number of amides is 1. The van der Waals surface area contributed by atoms with Gasteiger partial charge in [0.2, 0.25) is 12.7 Å². The summed E-state index contributed by atoms with van der Waals surface area (Å²) in [4.78, 5) is 21.8. The van der Waals surface area contributed by atoms with Crippen molar-refractivity contribution in [1.29, 1.82) is 0 Å². The van der Waals surface area contributed by atoms with Gasteiger partial charge in [-0.05, 0) is 24.1 Å². The summed E-state index contributed by atoms with van der Waals surface area (Å²) < 4.78 is 15.3. The van der Waals surface area contributed by atoms with Gasteiger partial charge in [0.05, 0.1) is 6.61 Å². The zero-order valence-electron chi connectivity index (χ0n) is 11.5. The molecule has 7 heteroatoms. The molecule has 21 heavy (non-hydrogen) atoms. The van der Waals surface area contributed by atoms with Gasteiger partial charge in [-0.3, -0.25) is 4.79 Å². The fourth-order valence-electron chi connectivity index (χ4n) is 1.86. The predicted molar refractivity (Wildman–Crippen MR) is 72.4 cm³/mol. The maximum atomic E-state index is 11.6. The maximum Gasteiger partial charge on any atom is 0.329 e. The Balaban J connectivity index is 1.63. The largest absolute Gasteiger partial charge is 0.480 e. The van der Waals surface area contributed by atoms with Crippen molar-refractivity contribution in [1.82, 2.24) is 5.32 Å². The average molecular weight is 295 g/mol. The summed E-state index contributed by atoms with van der Waals surface area (Å²) in [6.07, 6.45) is 0.941. The normalized spacial score (nSPS) is 12.2. The molecule has 0 atom stereocenters. The Morgan fingerprint density at radius 1 is 1.29 bits per heavy atom. The summed E-state index contributed by atoms with van der Waals surface area (Å²) in [5, 5.41) is 11.0. The first kappa shape index (κ1) is 15.1. The lowest BCUT2D eigenvalue weighted by Gasteiger charge is -2.06. The summed E-state index contributed by atoms with van der Waals surface area (Å²) in [6, 6.07) is 5.59. The lowest BCUT2D eigenvalue weighted by Crippen LogP contribution is -2.28. The average Bonchev–Trinajstić information content (AvgIpc) is 2.92. The van der Waals surface area contributed by atoms with Crippen molar-refractivity contribution in [3.05, 3.63) is 23.8 Å². The Morgan fingerprint density at radius 3 is 2.90 bits per heavy atom. The van der Waals surface area contributed by atoms with E-state index in [4.69, 9.17) is 19.3 Å². The predicted octanol–water partition coefficient (Wildman–Crippen LogP) is 0.565. The van der Waals surface area contributed by atoms with E-state index in [1.165, 1.54) is 0 Å². The second-order valence-corrected chi connectivity index (χ2v) is 4.48. The lowest BCUT2D eigenvalue weighted by atomic mass is 10.1. The van der Waals surface area contributed by atoms with Gasteiger partial charge in [-0.2, -0.15) is 0 Å². The number of aryl methyl sites for hydroxylation is 1. The van der Waals surface area contributed by atoms with Crippen LogP contribution in [0.3, 0.4) is 0 Å². The van der Waals surface area contributed by atoms with Crippen LogP contribution in [-0.4, -0.2) is 43.5 Å². The van der Waals surface area contributed by atoms with Crippen molar-refractivity contribution in [2.45, 2.75) is 12.8 Å². The van der Waals surface area contributed by atoms with Crippen LogP contribution in [0.4, 0.5) is 0 Å². The summed E-state index contributed by atoms with van der Waals surface area (Å²) >= 11 is 0. The van der Waals surface area contributed by atoms with Gasteiger partial charge in [0.25, 0.3) is 0 Å². The van der Waals surface area contributed by atoms with Crippen molar-refractivity contribution in [3.8, 4) is 11.5 Å². The summed E-state index contributed by atoms with van der Waals surface area (Å²) in [5.74, 6) is 0.296. The number of rotatable bonds is 8. The van der Waals surface area contributed by atoms with E-state index in [1.54, 1.807) is 0 Å². The second-order valence-electron chi connectivity index (χ2n) is 4.48. The highest BCUT2D eigenvalue weighted by Gasteiger charge is 2.13. The Morgan fingerprint density at radius 2 is 2.10 bits per heavy atom. The fourth-order valence-corrected chi connectivity index (χ4v) is 1.86. The molecule has 0 radical (unpaired) electrons. The van der Waals surface area contributed by atoms with Crippen LogP contribution in [0.15, 0.2) is 18.2 Å². The standard InChI is InChI=1S/C14H17NO6/c16-13(15-5-6-19-8-14(17)18)4-2-10-1-3-11-12(7-10)21-9-20-11/h1,3,7H,2,4-6,8-9H2,(H,15,16)(H,17,18). The van der Waals surface area contributed by atoms with Crippen LogP contribution in [0.1, 0.15) is 12.0 Å². The molecule has 2 N–H and O–H groups in total. The number of nitrogens with one attached hydrogen (secondary N) is 1. The van der Waals surface area contributed by atoms with Crippen LogP contribution in [0, 0.1) is 0 Å². The van der Waals surface area contributed by atoms with E-state index in [0.29, 0.717) is 25.1 Å². The van der Waals surface area contributed by atoms with Gasteiger partial charge in [0.15, 0.2) is 11.5 Å². The van der Waals surface area contributed by atoms with E-state index in [1.807, 2.05) is 18.2 Å². The van der Waals surface area contributed by atoms with Crippen LogP contribution in [-0.2, 0) is 20.7 Å². The number of carbonyl (C=O) groups excluding carboxylic acids is 1. The fraction of sp³-hybridized carbons (Fsp3) is 0.429. The molecule has 114 valence electrons. The summed E-state index contributed by atoms with van der Waals surface area (Å²) in [5.41, 5.74) is 0.997. The lowest BCUT2D eigenvalue weighted by molar-refractivity contribution is -0.142. The van der Waals surface area contributed by atoms with Crippen molar-refractivity contribution in [3.63, 3.8) is 0 Å². The Labute approximate surface area is 121 Å². The number of carboxylic acid groups (broad SMARTS) is 1. The highest BCUT2D eigenvalue weighted by atomic mass is 16.7. The SMILES string of the molecule is O=C(O)COCCNC(=O)CCc1ccc2c(c1)OCO2. The molecule has 2 rings (SSSR count). The highest BCUT2D eigenvalue weighted by Crippen LogP contribution is 2.32. The molecule has 1 aliphatic rings. The van der Waals surface area contributed by atoms with Crippen molar-refractivity contribution >= 4 is 11.9 Å². The highest BCUT2D eigenvalue weighted by molar-refractivity contribution is 5.76. The van der Waals surface area contributed by atoms with Gasteiger partial charge < -0.3 is 24.6 Å². The molecule has 0 unspecified atom stereocenters. The van der Waals surface area contributed by atoms with Crippen LogP contribution in [0.25, 0.3) is 0 Å². The molecule has 1 amide bonds. The van der Waals surface area contributed by atoms with E-state index in [9.17, 15) is 9.59 Å². The molecule has 0 spiro atoms. The zero-order valence-corrected chi connectivity index (χ0v) is 11.5. The third-order valence-electron chi connectivity index (χ3n) is 2.87. The molecule has 0 aromatic heterocycles. The third-order valence-corrected chi connectivity index (χ3v) is 2.87. The Kier molecular flexibility index (Phi) is 5.39. The Hall–Kier alpha value is -2.28. The summed E-state index contributed by atoms with van der Waals surface area (Å²) in [6.45, 7) is 0.359. The van der Waals surface area contributed by atoms with E-state index in [2.05, 4.69) is 5.32 Å². The molecule has 0 saturated heterocycles. The van der Waals surface area contributed by atoms with Gasteiger partial charge in [0.1, 0.15) is 6.61 Å².